The van der Waals surface area contributed by atoms with E-state index in [9.17, 15) is 8.78 Å². The molecule has 0 amide bonds. The summed E-state index contributed by atoms with van der Waals surface area (Å²) in [6.45, 7) is 9.52. The Kier molecular flexibility index (Phi) is 6.45. The van der Waals surface area contributed by atoms with Crippen molar-refractivity contribution < 1.29 is 8.78 Å². The topological polar surface area (TPSA) is 25.2 Å². The van der Waals surface area contributed by atoms with Gasteiger partial charge in [-0.2, -0.15) is 0 Å². The van der Waals surface area contributed by atoms with Crippen LogP contribution in [-0.2, 0) is 5.92 Å². The highest BCUT2D eigenvalue weighted by Gasteiger charge is 2.27. The molecule has 30 heavy (non-hydrogen) atoms. The highest BCUT2D eigenvalue weighted by atomic mass is 19.3. The predicted molar refractivity (Wildman–Crippen MR) is 121 cm³/mol. The molecule has 0 aliphatic rings. The lowest BCUT2D eigenvalue weighted by molar-refractivity contribution is 0.0181. The van der Waals surface area contributed by atoms with Crippen LogP contribution < -0.4 is 0 Å². The zero-order valence-corrected chi connectivity index (χ0v) is 18.2. The maximum absolute atomic E-state index is 14.1. The van der Waals surface area contributed by atoms with Crippen LogP contribution in [0.3, 0.4) is 0 Å². The number of hydrogen-bond donors (Lipinski definition) is 0. The average molecular weight is 407 g/mol. The quantitative estimate of drug-likeness (QED) is 0.383. The van der Waals surface area contributed by atoms with Crippen molar-refractivity contribution in [2.24, 2.45) is 4.99 Å². The van der Waals surface area contributed by atoms with Crippen molar-refractivity contribution in [1.82, 2.24) is 4.98 Å². The molecule has 0 saturated carbocycles. The first-order valence-electron chi connectivity index (χ1n) is 10.3. The number of benzene rings is 2. The second kappa shape index (κ2) is 8.86. The molecule has 3 aromatic rings. The molecule has 1 aromatic heterocycles. The van der Waals surface area contributed by atoms with Crippen LogP contribution in [0.5, 0.6) is 0 Å². The second-order valence-corrected chi connectivity index (χ2v) is 8.23. The van der Waals surface area contributed by atoms with Crippen LogP contribution in [0.2, 0.25) is 0 Å². The number of alkyl halides is 2. The third-order valence-electron chi connectivity index (χ3n) is 5.11. The van der Waals surface area contributed by atoms with Gasteiger partial charge in [-0.25, -0.2) is 13.8 Å². The van der Waals surface area contributed by atoms with E-state index in [-0.39, 0.29) is 5.56 Å². The van der Waals surface area contributed by atoms with Crippen molar-refractivity contribution in [2.75, 3.05) is 0 Å². The van der Waals surface area contributed by atoms with Crippen LogP contribution in [0.25, 0.3) is 11.3 Å². The number of hydrogen-bond acceptors (Lipinski definition) is 2. The Bertz CT molecular complexity index is 1020. The average Bonchev–Trinajstić information content (AvgIpc) is 2.71. The first kappa shape index (κ1) is 21.8. The maximum Gasteiger partial charge on any atom is 0.271 e. The fourth-order valence-corrected chi connectivity index (χ4v) is 3.55. The van der Waals surface area contributed by atoms with Gasteiger partial charge in [0.15, 0.2) is 0 Å². The number of pyridine rings is 1. The van der Waals surface area contributed by atoms with E-state index in [1.54, 1.807) is 30.5 Å². The summed E-state index contributed by atoms with van der Waals surface area (Å²) in [5.74, 6) is -2.26. The molecule has 0 aliphatic heterocycles. The van der Waals surface area contributed by atoms with E-state index in [4.69, 9.17) is 4.99 Å². The Hall–Kier alpha value is -2.88. The molecule has 0 radical (unpaired) electrons. The fourth-order valence-electron chi connectivity index (χ4n) is 3.55. The van der Waals surface area contributed by atoms with Crippen molar-refractivity contribution in [3.63, 3.8) is 0 Å². The monoisotopic (exact) mass is 406 g/mol. The Morgan fingerprint density at radius 3 is 2.03 bits per heavy atom. The molecule has 0 spiro atoms. The molecule has 0 N–H and O–H groups in total. The van der Waals surface area contributed by atoms with E-state index in [2.05, 4.69) is 50.9 Å². The van der Waals surface area contributed by atoms with Crippen molar-refractivity contribution in [2.45, 2.75) is 52.4 Å². The van der Waals surface area contributed by atoms with Gasteiger partial charge >= 0.3 is 0 Å². The van der Waals surface area contributed by atoms with Gasteiger partial charge in [0.25, 0.3) is 5.92 Å². The minimum absolute atomic E-state index is 0.0289. The van der Waals surface area contributed by atoms with E-state index < -0.39 is 5.92 Å². The molecular weight excluding hydrogens is 378 g/mol. The molecule has 0 saturated heterocycles. The summed E-state index contributed by atoms with van der Waals surface area (Å²) >= 11 is 0. The number of halogens is 2. The van der Waals surface area contributed by atoms with E-state index >= 15 is 0 Å². The standard InChI is InChI=1S/C26H28F2N2/c1-17(2)20-12-9-13-21(18(3)4)25(20)29-16-19-10-8-15-24(30-19)22-11-6-7-14-23(22)26(5,27)28/h6-18H,1-5H3. The number of nitrogens with zero attached hydrogens (tertiary/aromatic N) is 2. The van der Waals surface area contributed by atoms with Gasteiger partial charge in [0.05, 0.1) is 23.3 Å². The lowest BCUT2D eigenvalue weighted by Crippen LogP contribution is -2.09. The van der Waals surface area contributed by atoms with Gasteiger partial charge in [-0.05, 0) is 35.1 Å². The van der Waals surface area contributed by atoms with Crippen molar-refractivity contribution in [3.8, 4) is 11.3 Å². The van der Waals surface area contributed by atoms with Crippen LogP contribution in [-0.4, -0.2) is 11.2 Å². The summed E-state index contributed by atoms with van der Waals surface area (Å²) in [4.78, 5) is 9.39. The summed E-state index contributed by atoms with van der Waals surface area (Å²) < 4.78 is 28.1. The largest absolute Gasteiger partial charge is 0.271 e. The van der Waals surface area contributed by atoms with Gasteiger partial charge in [0.1, 0.15) is 0 Å². The lowest BCUT2D eigenvalue weighted by atomic mass is 9.93. The Labute approximate surface area is 177 Å². The molecular formula is C26H28F2N2. The van der Waals surface area contributed by atoms with Gasteiger partial charge in [-0.1, -0.05) is 76.2 Å². The Morgan fingerprint density at radius 1 is 0.833 bits per heavy atom. The molecule has 3 rings (SSSR count). The molecule has 0 bridgehead atoms. The third kappa shape index (κ3) is 4.81. The molecule has 0 aliphatic carbocycles. The molecule has 2 aromatic carbocycles. The zero-order valence-electron chi connectivity index (χ0n) is 18.2. The summed E-state index contributed by atoms with van der Waals surface area (Å²) in [5, 5.41) is 0. The summed E-state index contributed by atoms with van der Waals surface area (Å²) in [5.41, 5.74) is 4.89. The second-order valence-electron chi connectivity index (χ2n) is 8.23. The first-order chi connectivity index (χ1) is 14.2. The first-order valence-corrected chi connectivity index (χ1v) is 10.3. The third-order valence-corrected chi connectivity index (χ3v) is 5.11. The van der Waals surface area contributed by atoms with Crippen LogP contribution >= 0.6 is 0 Å². The predicted octanol–water partition coefficient (Wildman–Crippen LogP) is 7.86. The molecule has 0 atom stereocenters. The molecule has 1 heterocycles. The molecule has 2 nitrogen and oxygen atoms in total. The van der Waals surface area contributed by atoms with Crippen LogP contribution in [0.4, 0.5) is 14.5 Å². The molecule has 0 fully saturated rings. The summed E-state index contributed by atoms with van der Waals surface area (Å²) in [6.07, 6.45) is 1.73. The molecule has 4 heteroatoms. The van der Waals surface area contributed by atoms with Crippen molar-refractivity contribution in [1.29, 1.82) is 0 Å². The van der Waals surface area contributed by atoms with E-state index in [0.29, 0.717) is 28.8 Å². The van der Waals surface area contributed by atoms with E-state index in [0.717, 1.165) is 12.6 Å². The van der Waals surface area contributed by atoms with E-state index in [1.807, 2.05) is 12.1 Å². The number of rotatable bonds is 6. The number of aromatic nitrogens is 1. The van der Waals surface area contributed by atoms with Crippen molar-refractivity contribution >= 4 is 11.9 Å². The highest BCUT2D eigenvalue weighted by Crippen LogP contribution is 2.36. The highest BCUT2D eigenvalue weighted by molar-refractivity contribution is 5.82. The zero-order chi connectivity index (χ0) is 21.9. The van der Waals surface area contributed by atoms with Crippen molar-refractivity contribution in [3.05, 3.63) is 83.0 Å². The van der Waals surface area contributed by atoms with Gasteiger partial charge in [-0.3, -0.25) is 4.99 Å². The smallest absolute Gasteiger partial charge is 0.254 e. The molecule has 156 valence electrons. The summed E-state index contributed by atoms with van der Waals surface area (Å²) in [6, 6.07) is 18.2. The minimum Gasteiger partial charge on any atom is -0.254 e. The van der Waals surface area contributed by atoms with E-state index in [1.165, 1.54) is 17.2 Å². The van der Waals surface area contributed by atoms with Crippen LogP contribution in [0, 0.1) is 0 Å². The van der Waals surface area contributed by atoms with Crippen LogP contribution in [0.1, 0.15) is 68.8 Å². The summed E-state index contributed by atoms with van der Waals surface area (Å²) in [7, 11) is 0. The Morgan fingerprint density at radius 2 is 1.43 bits per heavy atom. The van der Waals surface area contributed by atoms with Crippen LogP contribution in [0.15, 0.2) is 65.7 Å². The van der Waals surface area contributed by atoms with Gasteiger partial charge in [0.2, 0.25) is 0 Å². The molecule has 0 unspecified atom stereocenters. The maximum atomic E-state index is 14.1. The fraction of sp³-hybridized carbons (Fsp3) is 0.308. The Balaban J connectivity index is 2.04. The normalized spacial score (nSPS) is 12.3. The lowest BCUT2D eigenvalue weighted by Gasteiger charge is -2.16. The SMILES string of the molecule is CC(C)c1cccc(C(C)C)c1N=Cc1cccc(-c2ccccc2C(C)(F)F)n1. The van der Waals surface area contributed by atoms with Gasteiger partial charge < -0.3 is 0 Å². The number of aliphatic imine (C=N–C) groups is 1. The van der Waals surface area contributed by atoms with Gasteiger partial charge in [0, 0.05) is 18.1 Å². The van der Waals surface area contributed by atoms with Gasteiger partial charge in [-0.15, -0.1) is 0 Å². The number of para-hydroxylation sites is 1. The minimum atomic E-state index is -2.94.